The SMILES string of the molecule is CCC1=C(N)c2ncn([C@@H]3OC(CSP(=O)(O)OP(=O)(O)OP(=O)(O)OC[C@H]4O[C@@H](n5c[n+](C)c6c(=O)[nH]c(N)nc65)[C@H](O)[C@@H]4COC)[C@@H](OP(=O)([O-])OC[C@H]4O[C@@H](n5cnc6c(=O)[nH]c(N)nc65)[C@H](O)[C@@H]4O)[C@H]3OC)c2N=CC1. The second kappa shape index (κ2) is 23.2. The molecule has 4 aliphatic heterocycles. The van der Waals surface area contributed by atoms with E-state index in [9.17, 15) is 62.7 Å². The smallest absolute Gasteiger partial charge is 0.488 e. The number of nitrogens with one attached hydrogen (secondary N) is 2. The quantitative estimate of drug-likeness (QED) is 0.0262. The maximum Gasteiger partial charge on any atom is 0.488 e. The molecule has 440 valence electrons. The van der Waals surface area contributed by atoms with E-state index in [4.69, 9.17) is 54.5 Å². The molecule has 4 aliphatic rings. The number of phosphoric ester groups is 2. The molecule has 0 aliphatic carbocycles. The van der Waals surface area contributed by atoms with Crippen LogP contribution in [-0.2, 0) is 71.2 Å². The van der Waals surface area contributed by atoms with Crippen LogP contribution in [0.1, 0.15) is 44.1 Å². The van der Waals surface area contributed by atoms with Crippen molar-refractivity contribution >= 4 is 93.6 Å². The summed E-state index contributed by atoms with van der Waals surface area (Å²) in [6.07, 6.45) is -11.1. The van der Waals surface area contributed by atoms with Gasteiger partial charge in [0.15, 0.2) is 29.4 Å². The molecule has 80 heavy (non-hydrogen) atoms. The molecule has 5 aromatic heterocycles. The summed E-state index contributed by atoms with van der Waals surface area (Å²) in [4.78, 5) is 96.4. The molecule has 0 radical (unpaired) electrons. The number of rotatable bonds is 22. The number of aliphatic hydroxyl groups excluding tert-OH is 3. The predicted octanol–water partition coefficient (Wildman–Crippen LogP) is -2.06. The minimum absolute atomic E-state index is 0.00998. The highest BCUT2D eigenvalue weighted by molar-refractivity contribution is 8.55. The molecular weight excluding hydrogens is 1180 g/mol. The first kappa shape index (κ1) is 59.9. The van der Waals surface area contributed by atoms with Crippen LogP contribution in [0.4, 0.5) is 17.7 Å². The average Bonchev–Trinajstić information content (AvgIpc) is 4.40. The number of hydrogen-bond acceptors (Lipinski definition) is 29. The van der Waals surface area contributed by atoms with Crippen molar-refractivity contribution in [2.24, 2.45) is 23.7 Å². The highest BCUT2D eigenvalue weighted by Crippen LogP contribution is 2.72. The molecule has 9 heterocycles. The molecule has 3 saturated heterocycles. The highest BCUT2D eigenvalue weighted by Gasteiger charge is 2.53. The number of anilines is 2. The maximum atomic E-state index is 13.8. The number of aliphatic imine (C=N–C) groups is 1. The monoisotopic (exact) mass is 1230 g/mol. The van der Waals surface area contributed by atoms with Crippen LogP contribution < -0.4 is 37.8 Å². The molecule has 0 saturated carbocycles. The third kappa shape index (κ3) is 12.2. The van der Waals surface area contributed by atoms with E-state index in [-0.39, 0.29) is 63.7 Å². The maximum absolute atomic E-state index is 13.8. The van der Waals surface area contributed by atoms with Crippen LogP contribution in [0.2, 0.25) is 0 Å². The van der Waals surface area contributed by atoms with Crippen LogP contribution in [0.15, 0.2) is 39.1 Å². The first-order valence-electron chi connectivity index (χ1n) is 23.6. The lowest BCUT2D eigenvalue weighted by Gasteiger charge is -2.31. The van der Waals surface area contributed by atoms with Gasteiger partial charge in [-0.15, -0.1) is 0 Å². The Morgan fingerprint density at radius 3 is 2.15 bits per heavy atom. The zero-order chi connectivity index (χ0) is 58.0. The summed E-state index contributed by atoms with van der Waals surface area (Å²) in [5.41, 5.74) is 17.5. The third-order valence-electron chi connectivity index (χ3n) is 13.1. The summed E-state index contributed by atoms with van der Waals surface area (Å²) in [6, 6.07) is 0. The van der Waals surface area contributed by atoms with Gasteiger partial charge in [-0.05, 0) is 23.4 Å². The number of H-pyrrole nitrogens is 2. The highest BCUT2D eigenvalue weighted by atomic mass is 32.7. The number of aryl methyl sites for hydroxylation is 1. The molecule has 16 atom stereocenters. The Bertz CT molecular complexity index is 3540. The first-order valence-corrected chi connectivity index (χ1v) is 31.2. The zero-order valence-electron chi connectivity index (χ0n) is 42.1. The van der Waals surface area contributed by atoms with Gasteiger partial charge in [-0.3, -0.25) is 37.8 Å². The number of nitrogens with zero attached hydrogens (tertiary/aromatic N) is 9. The van der Waals surface area contributed by atoms with E-state index in [0.29, 0.717) is 18.5 Å². The molecule has 5 unspecified atom stereocenters. The van der Waals surface area contributed by atoms with Gasteiger partial charge in [0.25, 0.3) is 24.5 Å². The number of ether oxygens (including phenoxy) is 5. The van der Waals surface area contributed by atoms with E-state index in [0.717, 1.165) is 23.6 Å². The Labute approximate surface area is 452 Å². The van der Waals surface area contributed by atoms with Gasteiger partial charge in [-0.25, -0.2) is 33.2 Å². The van der Waals surface area contributed by atoms with E-state index in [2.05, 4.69) is 43.5 Å². The summed E-state index contributed by atoms with van der Waals surface area (Å²) < 4.78 is 112. The first-order chi connectivity index (χ1) is 37.7. The second-order valence-corrected chi connectivity index (χ2v) is 26.7. The van der Waals surface area contributed by atoms with Crippen LogP contribution in [-0.4, -0.2) is 168 Å². The molecule has 5 aromatic rings. The molecule has 0 aromatic carbocycles. The van der Waals surface area contributed by atoms with Crippen molar-refractivity contribution in [2.75, 3.05) is 51.3 Å². The third-order valence-corrected chi connectivity index (χ3v) is 20.7. The summed E-state index contributed by atoms with van der Waals surface area (Å²) in [5, 5.41) is 33.2. The lowest BCUT2D eigenvalue weighted by molar-refractivity contribution is -0.646. The van der Waals surface area contributed by atoms with Crippen molar-refractivity contribution in [1.29, 1.82) is 0 Å². The van der Waals surface area contributed by atoms with E-state index in [1.165, 1.54) is 40.5 Å². The number of aromatic amines is 2. The minimum Gasteiger partial charge on any atom is -0.756 e. The molecule has 14 N–H and O–H groups in total. The molecule has 3 fully saturated rings. The topological polar surface area (TPSA) is 531 Å². The lowest BCUT2D eigenvalue weighted by atomic mass is 9.99. The summed E-state index contributed by atoms with van der Waals surface area (Å²) >= 11 is -0.150. The zero-order valence-corrected chi connectivity index (χ0v) is 46.5. The standard InChI is InChI=1S/C38H54N14O23P4S/c1-5-15-6-7-42-29-21(20(15)39)43-12-50(29)36-28(67-4)27(73-76(58,59)68-10-18-25(54)26(55)35(71-18)51-13-44-22-30(51)45-37(40)47-32(22)56)19(72-36)11-80-79(64,65)75-78(62,63)74-77(60,61)69-9-17-16(8-66-3)24(53)34(70-17)52-14-49(2)23-31(52)46-38(41)48-33(23)57/h7,12-14,16-19,24-28,34-36,53-55H,5-6,8-11,39H2,1-4H3,(H9-,40,41,45,46,47,48,56,57,58,59,60,61,62,63,64,65)/t16-,17-,18-,19?,24-,25-,26-,27-,28-,34-,35-,36-/m1/s1. The number of nitrogen functional groups attached to an aromatic ring is 2. The Morgan fingerprint density at radius 2 is 1.45 bits per heavy atom. The van der Waals surface area contributed by atoms with Gasteiger partial charge in [0, 0.05) is 38.5 Å². The largest absolute Gasteiger partial charge is 0.756 e. The Hall–Kier alpha value is -4.69. The van der Waals surface area contributed by atoms with Gasteiger partial charge in [0.1, 0.15) is 42.3 Å². The van der Waals surface area contributed by atoms with Crippen molar-refractivity contribution in [3.8, 4) is 0 Å². The van der Waals surface area contributed by atoms with Gasteiger partial charge >= 0.3 is 28.0 Å². The Morgan fingerprint density at radius 1 is 0.800 bits per heavy atom. The molecule has 9 rings (SSSR count). The molecule has 42 heteroatoms. The number of aromatic nitrogens is 10. The van der Waals surface area contributed by atoms with Crippen LogP contribution in [0.25, 0.3) is 28.0 Å². The van der Waals surface area contributed by atoms with Crippen molar-refractivity contribution in [2.45, 2.75) is 87.3 Å². The Balaban J connectivity index is 0.887. The number of fused-ring (bicyclic) bond motifs is 3. The Kier molecular flexibility index (Phi) is 17.3. The average molecular weight is 1230 g/mol. The summed E-state index contributed by atoms with van der Waals surface area (Å²) in [6.45, 7) is -5.87. The number of nitrogens with two attached hydrogens (primary N) is 3. The van der Waals surface area contributed by atoms with Crippen molar-refractivity contribution < 1.29 is 104 Å². The van der Waals surface area contributed by atoms with Crippen molar-refractivity contribution in [3.05, 3.63) is 51.0 Å². The fourth-order valence-electron chi connectivity index (χ4n) is 9.42. The minimum atomic E-state index is -6.09. The molecule has 0 bridgehead atoms. The molecule has 0 spiro atoms. The van der Waals surface area contributed by atoms with Gasteiger partial charge < -0.3 is 84.8 Å². The number of phosphoric acid groups is 3. The normalized spacial score (nSPS) is 30.1. The van der Waals surface area contributed by atoms with E-state index >= 15 is 0 Å². The van der Waals surface area contributed by atoms with Gasteiger partial charge in [-0.1, -0.05) is 6.92 Å². The molecule has 37 nitrogen and oxygen atoms in total. The van der Waals surface area contributed by atoms with Crippen LogP contribution in [0, 0.1) is 5.92 Å². The fourth-order valence-corrected chi connectivity index (χ4v) is 16.3. The molecule has 0 amide bonds. The van der Waals surface area contributed by atoms with Gasteiger partial charge in [-0.2, -0.15) is 23.2 Å². The number of hydrogen-bond donors (Lipinski definition) is 11. The second-order valence-electron chi connectivity index (χ2n) is 18.2. The van der Waals surface area contributed by atoms with E-state index < -0.39 is 134 Å². The van der Waals surface area contributed by atoms with Crippen molar-refractivity contribution in [1.82, 2.24) is 43.6 Å². The van der Waals surface area contributed by atoms with Crippen LogP contribution >= 0.6 is 41.6 Å². The number of methoxy groups -OCH3 is 2. The van der Waals surface area contributed by atoms with Gasteiger partial charge in [0.05, 0.1) is 57.4 Å². The fraction of sp³-hybridized carbons (Fsp3) is 0.579. The number of imidazole rings is 3. The lowest BCUT2D eigenvalue weighted by Crippen LogP contribution is -2.38. The van der Waals surface area contributed by atoms with Crippen molar-refractivity contribution in [3.63, 3.8) is 0 Å². The summed E-state index contributed by atoms with van der Waals surface area (Å²) in [5.74, 6) is -2.32. The predicted molar refractivity (Wildman–Crippen MR) is 269 cm³/mol. The van der Waals surface area contributed by atoms with E-state index in [1.54, 1.807) is 6.21 Å². The van der Waals surface area contributed by atoms with Crippen LogP contribution in [0.3, 0.4) is 0 Å². The molecular formula is C38H54N14O23P4S. The van der Waals surface area contributed by atoms with Gasteiger partial charge in [0.2, 0.25) is 24.5 Å². The summed E-state index contributed by atoms with van der Waals surface area (Å²) in [7, 11) is -13.6. The van der Waals surface area contributed by atoms with Crippen LogP contribution in [0.5, 0.6) is 0 Å². The van der Waals surface area contributed by atoms with E-state index in [1.807, 2.05) is 6.92 Å². The number of aliphatic hydroxyl groups is 3. The number of allylic oxidation sites excluding steroid dienone is 1.